The van der Waals surface area contributed by atoms with E-state index in [1.165, 1.54) is 0 Å². The Kier molecular flexibility index (Phi) is 2.65. The first-order chi connectivity index (χ1) is 3.81. The number of nitrogens with zero attached hydrogens (tertiary/aromatic N) is 8. The molecular weight excluding hydrogens is 112 g/mol. The molecular formula is N8. The Bertz CT molecular complexity index is 152. The van der Waals surface area contributed by atoms with E-state index in [-0.39, 0.29) is 4.92 Å². The SMILES string of the molecule is [N-]=[N+]=N[N+](=[N-])N=[N+]=[N-]. The standard InChI is InChI=1S/N8/c1-4-6-8(3)7-5-2. The molecule has 8 heteroatoms. The van der Waals surface area contributed by atoms with Gasteiger partial charge in [-0.1, -0.05) is 0 Å². The highest BCUT2D eigenvalue weighted by Gasteiger charge is 1.91. The molecule has 0 bridgehead atoms. The van der Waals surface area contributed by atoms with Gasteiger partial charge in [0.25, 0.3) is 0 Å². The molecule has 0 saturated heterocycles. The molecule has 40 valence electrons. The van der Waals surface area contributed by atoms with Crippen LogP contribution in [0.2, 0.25) is 0 Å². The van der Waals surface area contributed by atoms with Crippen molar-refractivity contribution in [2.45, 2.75) is 0 Å². The second-order valence-electron chi connectivity index (χ2n) is 0.626. The van der Waals surface area contributed by atoms with Crippen LogP contribution in [0.5, 0.6) is 0 Å². The normalized spacial score (nSPS) is 6.00. The third-order valence-corrected chi connectivity index (χ3v) is 0.240. The third kappa shape index (κ3) is 2.46. The number of azide groups is 1. The van der Waals surface area contributed by atoms with Crippen LogP contribution in [0.3, 0.4) is 0 Å². The lowest BCUT2D eigenvalue weighted by molar-refractivity contribution is -0.565. The predicted octanol–water partition coefficient (Wildman–Crippen LogP) is 1.47. The summed E-state index contributed by atoms with van der Waals surface area (Å²) in [5.41, 5.74) is 23.1. The summed E-state index contributed by atoms with van der Waals surface area (Å²) in [4.78, 5) is 3.96. The molecule has 0 aromatic carbocycles. The fraction of sp³-hybridized carbons (Fsp3) is 0. The largest absolute Gasteiger partial charge is 0.304 e. The average molecular weight is 112 g/mol. The first-order valence-electron chi connectivity index (χ1n) is 1.40. The van der Waals surface area contributed by atoms with E-state index in [9.17, 15) is 0 Å². The van der Waals surface area contributed by atoms with Gasteiger partial charge in [0.05, 0.1) is 4.91 Å². The number of rotatable bonds is 2. The highest BCUT2D eigenvalue weighted by molar-refractivity contribution is 4.29. The molecule has 0 aromatic rings. The lowest BCUT2D eigenvalue weighted by Crippen LogP contribution is -1.77. The molecule has 0 unspecified atom stereocenters. The molecule has 0 aliphatic carbocycles. The Morgan fingerprint density at radius 3 is 1.75 bits per heavy atom. The average Bonchev–Trinajstić information content (AvgIpc) is 1.68. The van der Waals surface area contributed by atoms with Crippen molar-refractivity contribution >= 4 is 0 Å². The fourth-order valence-electron chi connectivity index (χ4n) is 0.0894. The summed E-state index contributed by atoms with van der Waals surface area (Å²) in [6.07, 6.45) is 0. The Balaban J connectivity index is 4.04. The topological polar surface area (TPSA) is 123 Å². The first kappa shape index (κ1) is 6.22. The molecule has 8 nitrogen and oxygen atoms in total. The highest BCUT2D eigenvalue weighted by Crippen LogP contribution is 1.76. The number of hydrogen-bond donors (Lipinski definition) is 0. The Morgan fingerprint density at radius 1 is 1.12 bits per heavy atom. The van der Waals surface area contributed by atoms with Crippen molar-refractivity contribution in [2.75, 3.05) is 0 Å². The van der Waals surface area contributed by atoms with E-state index in [1.807, 2.05) is 0 Å². The van der Waals surface area contributed by atoms with Gasteiger partial charge in [-0.05, 0) is 5.53 Å². The van der Waals surface area contributed by atoms with E-state index in [0.717, 1.165) is 0 Å². The van der Waals surface area contributed by atoms with Crippen molar-refractivity contribution in [3.63, 3.8) is 0 Å². The minimum atomic E-state index is -0.222. The molecule has 0 rings (SSSR count). The summed E-state index contributed by atoms with van der Waals surface area (Å²) in [6, 6.07) is 0. The molecule has 0 heterocycles. The van der Waals surface area contributed by atoms with E-state index in [4.69, 9.17) is 16.6 Å². The van der Waals surface area contributed by atoms with Crippen molar-refractivity contribution in [3.8, 4) is 0 Å². The predicted molar refractivity (Wildman–Crippen MR) is 21.9 cm³/mol. The Morgan fingerprint density at radius 2 is 1.50 bits per heavy atom. The van der Waals surface area contributed by atoms with Gasteiger partial charge in [0.1, 0.15) is 9.83 Å². The zero-order valence-electron chi connectivity index (χ0n) is 3.58. The van der Waals surface area contributed by atoms with Crippen LogP contribution in [0.4, 0.5) is 0 Å². The van der Waals surface area contributed by atoms with Crippen LogP contribution < -0.4 is 0 Å². The zero-order chi connectivity index (χ0) is 6.41. The summed E-state index contributed by atoms with van der Waals surface area (Å²) in [5.74, 6) is 0. The van der Waals surface area contributed by atoms with Gasteiger partial charge in [-0.15, -0.1) is 0 Å². The van der Waals surface area contributed by atoms with Crippen molar-refractivity contribution in [2.24, 2.45) is 10.4 Å². The van der Waals surface area contributed by atoms with Crippen LogP contribution in [0, 0.1) is 0 Å². The molecule has 0 N–H and O–H groups in total. The van der Waals surface area contributed by atoms with Gasteiger partial charge >= 0.3 is 5.22 Å². The summed E-state index contributed by atoms with van der Waals surface area (Å²) < 4.78 is 0. The van der Waals surface area contributed by atoms with Crippen LogP contribution >= 0.6 is 0 Å². The van der Waals surface area contributed by atoms with E-state index in [0.29, 0.717) is 0 Å². The summed E-state index contributed by atoms with van der Waals surface area (Å²) in [6.45, 7) is 0. The molecule has 0 aliphatic heterocycles. The van der Waals surface area contributed by atoms with Crippen molar-refractivity contribution in [3.05, 3.63) is 26.4 Å². The number of hydrogen-bond acceptors (Lipinski definition) is 0. The molecule has 0 radical (unpaired) electrons. The lowest BCUT2D eigenvalue weighted by Gasteiger charge is -1.57. The second-order valence-corrected chi connectivity index (χ2v) is 0.626. The van der Waals surface area contributed by atoms with E-state index in [1.54, 1.807) is 0 Å². The summed E-state index contributed by atoms with van der Waals surface area (Å²) >= 11 is 0. The third-order valence-electron chi connectivity index (χ3n) is 0.240. The minimum absolute atomic E-state index is 0.222. The van der Waals surface area contributed by atoms with Crippen LogP contribution in [0.1, 0.15) is 0 Å². The van der Waals surface area contributed by atoms with Crippen molar-refractivity contribution in [1.82, 2.24) is 0 Å². The van der Waals surface area contributed by atoms with Crippen molar-refractivity contribution < 1.29 is 4.92 Å². The molecule has 0 aliphatic rings. The van der Waals surface area contributed by atoms with E-state index >= 15 is 0 Å². The molecule has 0 saturated carbocycles. The molecule has 0 atom stereocenters. The van der Waals surface area contributed by atoms with Crippen LogP contribution in [0.15, 0.2) is 10.4 Å². The maximum absolute atomic E-state index is 8.04. The smallest absolute Gasteiger partial charge is 0.00305 e. The molecule has 0 amide bonds. The van der Waals surface area contributed by atoms with Crippen LogP contribution in [-0.2, 0) is 0 Å². The fourth-order valence-corrected chi connectivity index (χ4v) is 0.0894. The van der Waals surface area contributed by atoms with Crippen molar-refractivity contribution in [1.29, 1.82) is 0 Å². The highest BCUT2D eigenvalue weighted by atomic mass is 15.7. The van der Waals surface area contributed by atoms with E-state index < -0.39 is 0 Å². The van der Waals surface area contributed by atoms with E-state index in [2.05, 4.69) is 20.3 Å². The zero-order valence-corrected chi connectivity index (χ0v) is 3.58. The lowest BCUT2D eigenvalue weighted by atomic mass is 12.3. The molecule has 0 fully saturated rings. The first-order valence-corrected chi connectivity index (χ1v) is 1.40. The maximum Gasteiger partial charge on any atom is 0.304 e. The van der Waals surface area contributed by atoms with Gasteiger partial charge in [0.2, 0.25) is 5.22 Å². The summed E-state index contributed by atoms with van der Waals surface area (Å²) in [5, 5.41) is 4.93. The Hall–Kier alpha value is -1.78. The van der Waals surface area contributed by atoms with Crippen LogP contribution in [-0.4, -0.2) is 4.92 Å². The van der Waals surface area contributed by atoms with Crippen LogP contribution in [0.25, 0.3) is 26.4 Å². The second kappa shape index (κ2) is 3.41. The van der Waals surface area contributed by atoms with Gasteiger partial charge in [-0.2, -0.15) is 0 Å². The van der Waals surface area contributed by atoms with Gasteiger partial charge in [-0.25, -0.2) is 0 Å². The van der Waals surface area contributed by atoms with Gasteiger partial charge < -0.3 is 0 Å². The Labute approximate surface area is 43.0 Å². The molecule has 8 heavy (non-hydrogen) atoms. The minimum Gasteiger partial charge on any atom is -0.00305 e. The maximum atomic E-state index is 8.04. The summed E-state index contributed by atoms with van der Waals surface area (Å²) in [7, 11) is 0. The van der Waals surface area contributed by atoms with Gasteiger partial charge in [-0.3, -0.25) is 0 Å². The monoisotopic (exact) mass is 112 g/mol. The molecule has 0 spiro atoms. The molecule has 0 aromatic heterocycles. The quantitative estimate of drug-likeness (QED) is 0.169. The van der Waals surface area contributed by atoms with Gasteiger partial charge in [0.15, 0.2) is 0 Å². The van der Waals surface area contributed by atoms with Gasteiger partial charge in [0, 0.05) is 11.1 Å².